The van der Waals surface area contributed by atoms with Crippen LogP contribution in [0.4, 0.5) is 0 Å². The molecule has 0 heterocycles. The highest BCUT2D eigenvalue weighted by Gasteiger charge is 2.10. The first-order valence-corrected chi connectivity index (χ1v) is 8.67. The van der Waals surface area contributed by atoms with Crippen LogP contribution in [0, 0.1) is 0 Å². The molecular weight excluding hydrogens is 224 g/mol. The minimum absolute atomic E-state index is 1.24. The monoisotopic (exact) mass is 228 g/mol. The van der Waals surface area contributed by atoms with Crippen LogP contribution in [0.25, 0.3) is 0 Å². The van der Waals surface area contributed by atoms with Gasteiger partial charge in [0.25, 0.3) is 0 Å². The zero-order valence-corrected chi connectivity index (χ0v) is 7.71. The van der Waals surface area contributed by atoms with Gasteiger partial charge in [-0.3, -0.25) is 0 Å². The van der Waals surface area contributed by atoms with Crippen molar-refractivity contribution in [1.82, 2.24) is 0 Å². The van der Waals surface area contributed by atoms with E-state index in [1.165, 1.54) is 0 Å². The maximum Gasteiger partial charge on any atom is 0.219 e. The summed E-state index contributed by atoms with van der Waals surface area (Å²) in [6.45, 7) is 5.70. The lowest BCUT2D eigenvalue weighted by Gasteiger charge is -1.98. The molecule has 0 saturated carbocycles. The van der Waals surface area contributed by atoms with E-state index in [-0.39, 0.29) is 0 Å². The molecule has 36 valence electrons. The van der Waals surface area contributed by atoms with Crippen molar-refractivity contribution in [1.29, 1.82) is 0 Å². The predicted molar refractivity (Wildman–Crippen MR) is 39.7 cm³/mol. The molecule has 0 saturated heterocycles. The van der Waals surface area contributed by atoms with E-state index < -0.39 is 5.31 Å². The van der Waals surface area contributed by atoms with E-state index in [0.717, 1.165) is 0 Å². The lowest BCUT2D eigenvalue weighted by molar-refractivity contribution is 2.22. The van der Waals surface area contributed by atoms with Gasteiger partial charge in [0.1, 0.15) is 0 Å². The molecule has 0 aliphatic rings. The van der Waals surface area contributed by atoms with Gasteiger partial charge in [-0.25, -0.2) is 0 Å². The largest absolute Gasteiger partial charge is 0.219 e. The molecule has 0 spiro atoms. The summed E-state index contributed by atoms with van der Waals surface area (Å²) >= 11 is 6.83. The van der Waals surface area contributed by atoms with Gasteiger partial charge < -0.3 is 0 Å². The van der Waals surface area contributed by atoms with Crippen LogP contribution in [0.2, 0.25) is 6.55 Å². The fourth-order valence-electron chi connectivity index (χ4n) is 0. The van der Waals surface area contributed by atoms with E-state index >= 15 is 0 Å². The Morgan fingerprint density at radius 3 is 1.83 bits per heavy atom. The zero-order valence-electron chi connectivity index (χ0n) is 3.54. The van der Waals surface area contributed by atoms with Gasteiger partial charge in [-0.15, -0.1) is 37.2 Å². The Hall–Kier alpha value is 0.917. The standard InChI is InChI=1S/C3H6Br2Si/c1-3-6(2,4)5/h3H,1H2,2H3. The van der Waals surface area contributed by atoms with Gasteiger partial charge in [-0.05, 0) is 6.55 Å². The third-order valence-corrected chi connectivity index (χ3v) is 3.02. The third-order valence-electron chi connectivity index (χ3n) is 0.358. The first kappa shape index (κ1) is 6.92. The third kappa shape index (κ3) is 4.92. The van der Waals surface area contributed by atoms with Crippen LogP contribution in [0.5, 0.6) is 0 Å². The minimum Gasteiger partial charge on any atom is -0.106 e. The van der Waals surface area contributed by atoms with E-state index in [4.69, 9.17) is 0 Å². The van der Waals surface area contributed by atoms with Crippen molar-refractivity contribution in [2.24, 2.45) is 0 Å². The molecule has 0 nitrogen and oxygen atoms in total. The molecular formula is C3H6Br2Si. The molecule has 0 aliphatic carbocycles. The van der Waals surface area contributed by atoms with Crippen LogP contribution >= 0.6 is 30.6 Å². The number of halogens is 2. The summed E-state index contributed by atoms with van der Waals surface area (Å²) in [6, 6.07) is 0. The Labute approximate surface area is 54.8 Å². The highest BCUT2D eigenvalue weighted by molar-refractivity contribution is 9.51. The van der Waals surface area contributed by atoms with Crippen molar-refractivity contribution in [2.45, 2.75) is 6.55 Å². The van der Waals surface area contributed by atoms with Gasteiger partial charge in [0, 0.05) is 0 Å². The normalized spacial score (nSPS) is 11.2. The Balaban J connectivity index is 3.45. The van der Waals surface area contributed by atoms with Crippen LogP contribution in [-0.2, 0) is 0 Å². The molecule has 0 aromatic rings. The zero-order chi connectivity index (χ0) is 5.21. The summed E-state index contributed by atoms with van der Waals surface area (Å²) in [6.07, 6.45) is 0. The second-order valence-electron chi connectivity index (χ2n) is 1.16. The summed E-state index contributed by atoms with van der Waals surface area (Å²) in [5.41, 5.74) is 1.91. The van der Waals surface area contributed by atoms with E-state index in [9.17, 15) is 0 Å². The first-order chi connectivity index (χ1) is 2.56. The molecule has 6 heavy (non-hydrogen) atoms. The summed E-state index contributed by atoms with van der Waals surface area (Å²) in [5, 5.41) is -1.24. The number of hydrogen-bond donors (Lipinski definition) is 0. The lowest BCUT2D eigenvalue weighted by atomic mass is 11.3. The Kier molecular flexibility index (Phi) is 2.63. The maximum atomic E-state index is 3.60. The van der Waals surface area contributed by atoms with Crippen molar-refractivity contribution >= 4 is 35.9 Å². The molecule has 0 aliphatic heterocycles. The molecule has 0 rings (SSSR count). The van der Waals surface area contributed by atoms with Gasteiger partial charge in [0.2, 0.25) is 5.31 Å². The van der Waals surface area contributed by atoms with E-state index in [2.05, 4.69) is 43.7 Å². The molecule has 0 atom stereocenters. The highest BCUT2D eigenvalue weighted by atomic mass is 79.9. The fourth-order valence-corrected chi connectivity index (χ4v) is 0. The van der Waals surface area contributed by atoms with Crippen molar-refractivity contribution < 1.29 is 0 Å². The second-order valence-corrected chi connectivity index (χ2v) is 16.6. The van der Waals surface area contributed by atoms with Gasteiger partial charge in [-0.2, -0.15) is 0 Å². The fraction of sp³-hybridized carbons (Fsp3) is 0.333. The Bertz CT molecular complexity index is 54.3. The summed E-state index contributed by atoms with van der Waals surface area (Å²) in [4.78, 5) is 0. The molecule has 0 amide bonds. The summed E-state index contributed by atoms with van der Waals surface area (Å²) in [7, 11) is 0. The molecule has 0 radical (unpaired) electrons. The number of hydrogen-bond acceptors (Lipinski definition) is 0. The van der Waals surface area contributed by atoms with E-state index in [1.807, 2.05) is 5.70 Å². The van der Waals surface area contributed by atoms with Crippen LogP contribution in [-0.4, -0.2) is 5.31 Å². The second kappa shape index (κ2) is 2.28. The minimum atomic E-state index is -1.24. The summed E-state index contributed by atoms with van der Waals surface area (Å²) < 4.78 is 0. The van der Waals surface area contributed by atoms with E-state index in [0.29, 0.717) is 0 Å². The van der Waals surface area contributed by atoms with E-state index in [1.54, 1.807) is 0 Å². The topological polar surface area (TPSA) is 0 Å². The molecule has 0 aromatic heterocycles. The van der Waals surface area contributed by atoms with Gasteiger partial charge in [-0.1, -0.05) is 5.70 Å². The maximum absolute atomic E-state index is 3.60. The quantitative estimate of drug-likeness (QED) is 0.479. The molecule has 0 fully saturated rings. The summed E-state index contributed by atoms with van der Waals surface area (Å²) in [5.74, 6) is 0. The number of rotatable bonds is 1. The smallest absolute Gasteiger partial charge is 0.106 e. The predicted octanol–water partition coefficient (Wildman–Crippen LogP) is 2.57. The molecule has 0 N–H and O–H groups in total. The molecule has 0 unspecified atom stereocenters. The Morgan fingerprint density at radius 2 is 1.83 bits per heavy atom. The van der Waals surface area contributed by atoms with Crippen LogP contribution in [0.3, 0.4) is 0 Å². The van der Waals surface area contributed by atoms with Gasteiger partial charge in [0.05, 0.1) is 0 Å². The van der Waals surface area contributed by atoms with Crippen molar-refractivity contribution in [3.8, 4) is 0 Å². The lowest BCUT2D eigenvalue weighted by Crippen LogP contribution is -2.03. The SMILES string of the molecule is C=C[Si](C)(Br)Br. The van der Waals surface area contributed by atoms with Gasteiger partial charge in [0.15, 0.2) is 0 Å². The highest BCUT2D eigenvalue weighted by Crippen LogP contribution is 2.19. The van der Waals surface area contributed by atoms with Crippen LogP contribution in [0.1, 0.15) is 0 Å². The van der Waals surface area contributed by atoms with Crippen molar-refractivity contribution in [3.05, 3.63) is 12.3 Å². The molecule has 0 aromatic carbocycles. The average Bonchev–Trinajstić information content (AvgIpc) is 1.35. The van der Waals surface area contributed by atoms with Crippen LogP contribution < -0.4 is 0 Å². The molecule has 3 heteroatoms. The van der Waals surface area contributed by atoms with Gasteiger partial charge >= 0.3 is 0 Å². The average molecular weight is 230 g/mol. The van der Waals surface area contributed by atoms with Crippen LogP contribution in [0.15, 0.2) is 12.3 Å². The van der Waals surface area contributed by atoms with Crippen molar-refractivity contribution in [2.75, 3.05) is 0 Å². The molecule has 0 bridgehead atoms. The first-order valence-electron chi connectivity index (χ1n) is 1.57. The van der Waals surface area contributed by atoms with Crippen molar-refractivity contribution in [3.63, 3.8) is 0 Å². The Morgan fingerprint density at radius 1 is 1.67 bits per heavy atom.